The van der Waals surface area contributed by atoms with E-state index in [0.717, 1.165) is 25.6 Å². The fraction of sp³-hybridized carbons (Fsp3) is 1.00. The van der Waals surface area contributed by atoms with Gasteiger partial charge in [0, 0.05) is 26.3 Å². The van der Waals surface area contributed by atoms with E-state index in [1.54, 1.807) is 7.11 Å². The summed E-state index contributed by atoms with van der Waals surface area (Å²) in [5, 5.41) is 3.72. The smallest absolute Gasteiger partial charge is 0.0467 e. The normalized spacial score (nSPS) is 19.4. The Hall–Kier alpha value is -0.0800. The van der Waals surface area contributed by atoms with Crippen molar-refractivity contribution >= 4 is 0 Å². The Morgan fingerprint density at radius 3 is 2.47 bits per heavy atom. The molecule has 0 atom stereocenters. The number of rotatable bonds is 6. The molecule has 0 bridgehead atoms. The molecule has 0 spiro atoms. The van der Waals surface area contributed by atoms with E-state index >= 15 is 0 Å². The van der Waals surface area contributed by atoms with Crippen molar-refractivity contribution in [2.24, 2.45) is 5.41 Å². The Morgan fingerprint density at radius 1 is 1.20 bits per heavy atom. The van der Waals surface area contributed by atoms with Crippen LogP contribution in [0.2, 0.25) is 0 Å². The molecule has 0 radical (unpaired) electrons. The average molecular weight is 213 g/mol. The third-order valence-corrected chi connectivity index (χ3v) is 3.46. The summed E-state index contributed by atoms with van der Waals surface area (Å²) >= 11 is 0. The average Bonchev–Trinajstić information content (AvgIpc) is 2.25. The first-order valence-corrected chi connectivity index (χ1v) is 6.36. The lowest BCUT2D eigenvalue weighted by atomic mass is 9.88. The van der Waals surface area contributed by atoms with E-state index in [1.165, 1.54) is 32.1 Å². The molecule has 0 aromatic rings. The maximum atomic E-state index is 5.14. The van der Waals surface area contributed by atoms with Gasteiger partial charge in [-0.15, -0.1) is 0 Å². The zero-order chi connectivity index (χ0) is 11.1. The van der Waals surface area contributed by atoms with Gasteiger partial charge in [-0.2, -0.15) is 0 Å². The highest BCUT2D eigenvalue weighted by Crippen LogP contribution is 2.22. The quantitative estimate of drug-likeness (QED) is 0.732. The van der Waals surface area contributed by atoms with Gasteiger partial charge in [0.25, 0.3) is 0 Å². The number of hydrogen-bond acceptors (Lipinski definition) is 2. The number of methoxy groups -OCH3 is 1. The van der Waals surface area contributed by atoms with Crippen LogP contribution in [0.4, 0.5) is 0 Å². The predicted octanol–water partition coefficient (Wildman–Crippen LogP) is 2.97. The van der Waals surface area contributed by atoms with Crippen LogP contribution >= 0.6 is 0 Å². The van der Waals surface area contributed by atoms with E-state index in [1.807, 2.05) is 0 Å². The molecule has 1 fully saturated rings. The van der Waals surface area contributed by atoms with Gasteiger partial charge in [0.2, 0.25) is 0 Å². The van der Waals surface area contributed by atoms with Crippen molar-refractivity contribution < 1.29 is 4.74 Å². The third-order valence-electron chi connectivity index (χ3n) is 3.46. The van der Waals surface area contributed by atoms with E-state index in [0.29, 0.717) is 5.41 Å². The second kappa shape index (κ2) is 6.49. The minimum absolute atomic E-state index is 0.369. The van der Waals surface area contributed by atoms with Gasteiger partial charge in [-0.3, -0.25) is 0 Å². The molecule has 15 heavy (non-hydrogen) atoms. The van der Waals surface area contributed by atoms with Crippen LogP contribution in [0.5, 0.6) is 0 Å². The summed E-state index contributed by atoms with van der Waals surface area (Å²) in [5.74, 6) is 0. The standard InChI is InChI=1S/C13H27NO/c1-13(2,9-10-15-3)11-14-12-7-5-4-6-8-12/h12,14H,4-11H2,1-3H3. The molecule has 1 aliphatic rings. The molecular formula is C13H27NO. The van der Waals surface area contributed by atoms with Crippen LogP contribution in [0.25, 0.3) is 0 Å². The van der Waals surface area contributed by atoms with Gasteiger partial charge in [-0.1, -0.05) is 33.1 Å². The van der Waals surface area contributed by atoms with Crippen molar-refractivity contribution in [1.82, 2.24) is 5.32 Å². The van der Waals surface area contributed by atoms with Crippen LogP contribution in [0.1, 0.15) is 52.4 Å². The Bertz CT molecular complexity index is 162. The lowest BCUT2D eigenvalue weighted by Gasteiger charge is -2.30. The second-order valence-corrected chi connectivity index (χ2v) is 5.62. The van der Waals surface area contributed by atoms with Gasteiger partial charge in [-0.25, -0.2) is 0 Å². The Labute approximate surface area is 94.8 Å². The van der Waals surface area contributed by atoms with Crippen molar-refractivity contribution in [2.75, 3.05) is 20.3 Å². The first-order valence-electron chi connectivity index (χ1n) is 6.36. The molecule has 2 heteroatoms. The Morgan fingerprint density at radius 2 is 1.87 bits per heavy atom. The topological polar surface area (TPSA) is 21.3 Å². The minimum Gasteiger partial charge on any atom is -0.385 e. The Balaban J connectivity index is 2.15. The van der Waals surface area contributed by atoms with Crippen LogP contribution in [0.3, 0.4) is 0 Å². The summed E-state index contributed by atoms with van der Waals surface area (Å²) in [6.07, 6.45) is 8.15. The lowest BCUT2D eigenvalue weighted by Crippen LogP contribution is -2.38. The van der Waals surface area contributed by atoms with E-state index in [2.05, 4.69) is 19.2 Å². The molecule has 90 valence electrons. The van der Waals surface area contributed by atoms with Crippen molar-refractivity contribution in [3.63, 3.8) is 0 Å². The predicted molar refractivity (Wildman–Crippen MR) is 65.1 cm³/mol. The van der Waals surface area contributed by atoms with E-state index in [9.17, 15) is 0 Å². The number of nitrogens with one attached hydrogen (secondary N) is 1. The van der Waals surface area contributed by atoms with Gasteiger partial charge < -0.3 is 10.1 Å². The van der Waals surface area contributed by atoms with Gasteiger partial charge in [0.15, 0.2) is 0 Å². The third kappa shape index (κ3) is 5.53. The molecule has 1 saturated carbocycles. The first kappa shape index (κ1) is 13.0. The minimum atomic E-state index is 0.369. The largest absolute Gasteiger partial charge is 0.385 e. The van der Waals surface area contributed by atoms with Gasteiger partial charge >= 0.3 is 0 Å². The maximum absolute atomic E-state index is 5.14. The number of hydrogen-bond donors (Lipinski definition) is 1. The molecule has 1 rings (SSSR count). The molecule has 0 unspecified atom stereocenters. The highest BCUT2D eigenvalue weighted by Gasteiger charge is 2.20. The molecule has 1 aliphatic carbocycles. The molecule has 0 aromatic carbocycles. The highest BCUT2D eigenvalue weighted by atomic mass is 16.5. The fourth-order valence-corrected chi connectivity index (χ4v) is 2.19. The van der Waals surface area contributed by atoms with E-state index in [4.69, 9.17) is 4.74 Å². The summed E-state index contributed by atoms with van der Waals surface area (Å²) < 4.78 is 5.14. The first-order chi connectivity index (χ1) is 7.14. The lowest BCUT2D eigenvalue weighted by molar-refractivity contribution is 0.147. The van der Waals surface area contributed by atoms with E-state index in [-0.39, 0.29) is 0 Å². The van der Waals surface area contributed by atoms with Crippen molar-refractivity contribution in [1.29, 1.82) is 0 Å². The molecule has 0 aliphatic heterocycles. The molecular weight excluding hydrogens is 186 g/mol. The SMILES string of the molecule is COCCC(C)(C)CNC1CCCCC1. The summed E-state index contributed by atoms with van der Waals surface area (Å²) in [4.78, 5) is 0. The molecule has 0 saturated heterocycles. The second-order valence-electron chi connectivity index (χ2n) is 5.62. The molecule has 0 aromatic heterocycles. The van der Waals surface area contributed by atoms with Crippen LogP contribution in [0, 0.1) is 5.41 Å². The number of ether oxygens (including phenoxy) is 1. The highest BCUT2D eigenvalue weighted by molar-refractivity contribution is 4.77. The molecule has 1 N–H and O–H groups in total. The summed E-state index contributed by atoms with van der Waals surface area (Å²) in [6.45, 7) is 6.64. The monoisotopic (exact) mass is 213 g/mol. The summed E-state index contributed by atoms with van der Waals surface area (Å²) in [5.41, 5.74) is 0.369. The summed E-state index contributed by atoms with van der Waals surface area (Å²) in [6, 6.07) is 0.778. The fourth-order valence-electron chi connectivity index (χ4n) is 2.19. The Kier molecular flexibility index (Phi) is 5.62. The molecule has 2 nitrogen and oxygen atoms in total. The van der Waals surface area contributed by atoms with Crippen molar-refractivity contribution in [3.05, 3.63) is 0 Å². The van der Waals surface area contributed by atoms with Crippen molar-refractivity contribution in [3.8, 4) is 0 Å². The van der Waals surface area contributed by atoms with Gasteiger partial charge in [0.05, 0.1) is 0 Å². The zero-order valence-corrected chi connectivity index (χ0v) is 10.6. The van der Waals surface area contributed by atoms with Crippen LogP contribution < -0.4 is 5.32 Å². The van der Waals surface area contributed by atoms with E-state index < -0.39 is 0 Å². The zero-order valence-electron chi connectivity index (χ0n) is 10.6. The molecule has 0 amide bonds. The van der Waals surface area contributed by atoms with Gasteiger partial charge in [0.1, 0.15) is 0 Å². The maximum Gasteiger partial charge on any atom is 0.0467 e. The van der Waals surface area contributed by atoms with Gasteiger partial charge in [-0.05, 0) is 24.7 Å². The molecule has 0 heterocycles. The summed E-state index contributed by atoms with van der Waals surface area (Å²) in [7, 11) is 1.78. The van der Waals surface area contributed by atoms with Crippen LogP contribution in [-0.4, -0.2) is 26.3 Å². The van der Waals surface area contributed by atoms with Crippen molar-refractivity contribution in [2.45, 2.75) is 58.4 Å². The van der Waals surface area contributed by atoms with Crippen LogP contribution in [-0.2, 0) is 4.74 Å². The van der Waals surface area contributed by atoms with Crippen LogP contribution in [0.15, 0.2) is 0 Å².